The van der Waals surface area contributed by atoms with Crippen molar-refractivity contribution in [2.24, 2.45) is 0 Å². The van der Waals surface area contributed by atoms with E-state index in [4.69, 9.17) is 0 Å². The monoisotopic (exact) mass is 291 g/mol. The first kappa shape index (κ1) is 15.5. The number of amides is 1. The van der Waals surface area contributed by atoms with E-state index in [-0.39, 0.29) is 11.9 Å². The minimum atomic E-state index is -0.128. The van der Waals surface area contributed by atoms with Crippen LogP contribution in [-0.4, -0.2) is 42.1 Å². The van der Waals surface area contributed by atoms with Crippen LogP contribution in [0.1, 0.15) is 38.3 Å². The fraction of sp³-hybridized carbons (Fsp3) is 0.667. The van der Waals surface area contributed by atoms with Crippen LogP contribution in [0.3, 0.4) is 0 Å². The number of likely N-dealkylation sites (N-methyl/N-ethyl adjacent to an activating group) is 1. The number of rotatable bonds is 5. The second-order valence-electron chi connectivity index (χ2n) is 5.44. The fourth-order valence-corrected chi connectivity index (χ4v) is 2.66. The van der Waals surface area contributed by atoms with Gasteiger partial charge in [-0.15, -0.1) is 0 Å². The molecule has 0 saturated carbocycles. The summed E-state index contributed by atoms with van der Waals surface area (Å²) < 4.78 is 0. The third-order valence-electron chi connectivity index (χ3n) is 3.72. The smallest absolute Gasteiger partial charge is 0.242 e. The van der Waals surface area contributed by atoms with E-state index in [1.54, 1.807) is 7.05 Å². The molecule has 116 valence electrons. The highest BCUT2D eigenvalue weighted by atomic mass is 16.2. The predicted octanol–water partition coefficient (Wildman–Crippen LogP) is 1.71. The van der Waals surface area contributed by atoms with E-state index < -0.39 is 0 Å². The zero-order chi connectivity index (χ0) is 15.2. The Labute approximate surface area is 126 Å². The molecular weight excluding hydrogens is 266 g/mol. The summed E-state index contributed by atoms with van der Waals surface area (Å²) in [6, 6.07) is 1.83. The van der Waals surface area contributed by atoms with Gasteiger partial charge in [0.2, 0.25) is 11.9 Å². The Morgan fingerprint density at radius 3 is 2.95 bits per heavy atom. The largest absolute Gasteiger partial charge is 0.357 e. The van der Waals surface area contributed by atoms with Crippen molar-refractivity contribution in [2.45, 2.75) is 45.6 Å². The first-order valence-electron chi connectivity index (χ1n) is 7.73. The van der Waals surface area contributed by atoms with Gasteiger partial charge in [-0.25, -0.2) is 4.98 Å². The summed E-state index contributed by atoms with van der Waals surface area (Å²) in [5.41, 5.74) is 0.917. The van der Waals surface area contributed by atoms with Crippen molar-refractivity contribution in [1.29, 1.82) is 0 Å². The molecule has 2 N–H and O–H groups in total. The zero-order valence-electron chi connectivity index (χ0n) is 13.1. The summed E-state index contributed by atoms with van der Waals surface area (Å²) in [6.07, 6.45) is 4.07. The molecule has 1 aliphatic rings. The Balaban J connectivity index is 2.25. The summed E-state index contributed by atoms with van der Waals surface area (Å²) in [4.78, 5) is 23.2. The summed E-state index contributed by atoms with van der Waals surface area (Å²) in [5, 5.41) is 5.98. The van der Waals surface area contributed by atoms with Crippen LogP contribution in [-0.2, 0) is 4.79 Å². The standard InChI is InChI=1S/C15H25N5O/c1-4-8-17-15-18-11(2)10-13(19-15)20-9-6-5-7-12(20)14(21)16-3/h10,12H,4-9H2,1-3H3,(H,16,21)(H,17,18,19). The van der Waals surface area contributed by atoms with Crippen molar-refractivity contribution in [3.05, 3.63) is 11.8 Å². The second-order valence-corrected chi connectivity index (χ2v) is 5.44. The van der Waals surface area contributed by atoms with Crippen molar-refractivity contribution in [1.82, 2.24) is 15.3 Å². The van der Waals surface area contributed by atoms with Crippen molar-refractivity contribution in [2.75, 3.05) is 30.4 Å². The summed E-state index contributed by atoms with van der Waals surface area (Å²) in [7, 11) is 1.69. The van der Waals surface area contributed by atoms with E-state index in [0.717, 1.165) is 50.3 Å². The number of anilines is 2. The minimum absolute atomic E-state index is 0.0639. The lowest BCUT2D eigenvalue weighted by Crippen LogP contribution is -2.49. The summed E-state index contributed by atoms with van der Waals surface area (Å²) in [6.45, 7) is 5.78. The number of nitrogens with one attached hydrogen (secondary N) is 2. The molecule has 1 amide bonds. The summed E-state index contributed by atoms with van der Waals surface area (Å²) >= 11 is 0. The van der Waals surface area contributed by atoms with Gasteiger partial charge < -0.3 is 15.5 Å². The summed E-state index contributed by atoms with van der Waals surface area (Å²) in [5.74, 6) is 1.55. The van der Waals surface area contributed by atoms with E-state index in [9.17, 15) is 4.79 Å². The molecule has 6 heteroatoms. The van der Waals surface area contributed by atoms with Crippen LogP contribution in [0.15, 0.2) is 6.07 Å². The van der Waals surface area contributed by atoms with Gasteiger partial charge in [0, 0.05) is 31.9 Å². The second kappa shape index (κ2) is 7.24. The van der Waals surface area contributed by atoms with Crippen LogP contribution in [0.4, 0.5) is 11.8 Å². The van der Waals surface area contributed by atoms with Crippen molar-refractivity contribution < 1.29 is 4.79 Å². The zero-order valence-corrected chi connectivity index (χ0v) is 13.1. The Morgan fingerprint density at radius 1 is 1.43 bits per heavy atom. The molecular formula is C15H25N5O. The number of piperidine rings is 1. The van der Waals surface area contributed by atoms with Crippen LogP contribution >= 0.6 is 0 Å². The van der Waals surface area contributed by atoms with Gasteiger partial charge in [-0.05, 0) is 32.6 Å². The Bertz CT molecular complexity index is 491. The molecule has 1 atom stereocenters. The molecule has 6 nitrogen and oxygen atoms in total. The highest BCUT2D eigenvalue weighted by molar-refractivity contribution is 5.85. The first-order chi connectivity index (χ1) is 10.2. The molecule has 0 aromatic carbocycles. The number of nitrogens with zero attached hydrogens (tertiary/aromatic N) is 3. The molecule has 21 heavy (non-hydrogen) atoms. The molecule has 0 aliphatic carbocycles. The first-order valence-corrected chi connectivity index (χ1v) is 7.73. The average Bonchev–Trinajstić information content (AvgIpc) is 2.51. The number of aryl methyl sites for hydroxylation is 1. The molecule has 0 radical (unpaired) electrons. The number of aromatic nitrogens is 2. The van der Waals surface area contributed by atoms with Gasteiger partial charge in [0.25, 0.3) is 0 Å². The molecule has 1 unspecified atom stereocenters. The SMILES string of the molecule is CCCNc1nc(C)cc(N2CCCCC2C(=O)NC)n1. The highest BCUT2D eigenvalue weighted by Gasteiger charge is 2.29. The number of carbonyl (C=O) groups excluding carboxylic acids is 1. The third kappa shape index (κ3) is 3.83. The van der Waals surface area contributed by atoms with Gasteiger partial charge >= 0.3 is 0 Å². The van der Waals surface area contributed by atoms with E-state index >= 15 is 0 Å². The van der Waals surface area contributed by atoms with Crippen molar-refractivity contribution in [3.8, 4) is 0 Å². The molecule has 1 aromatic heterocycles. The van der Waals surface area contributed by atoms with Crippen LogP contribution in [0, 0.1) is 6.92 Å². The minimum Gasteiger partial charge on any atom is -0.357 e. The quantitative estimate of drug-likeness (QED) is 0.864. The molecule has 0 bridgehead atoms. The lowest BCUT2D eigenvalue weighted by atomic mass is 10.0. The van der Waals surface area contributed by atoms with E-state index in [2.05, 4.69) is 32.4 Å². The molecule has 0 spiro atoms. The Hall–Kier alpha value is -1.85. The number of hydrogen-bond donors (Lipinski definition) is 2. The Kier molecular flexibility index (Phi) is 5.36. The van der Waals surface area contributed by atoms with Gasteiger partial charge in [0.05, 0.1) is 0 Å². The lowest BCUT2D eigenvalue weighted by molar-refractivity contribution is -0.122. The molecule has 1 aromatic rings. The van der Waals surface area contributed by atoms with Crippen molar-refractivity contribution in [3.63, 3.8) is 0 Å². The number of hydrogen-bond acceptors (Lipinski definition) is 5. The van der Waals surface area contributed by atoms with Gasteiger partial charge in [0.15, 0.2) is 0 Å². The van der Waals surface area contributed by atoms with Gasteiger partial charge in [-0.2, -0.15) is 4.98 Å². The van der Waals surface area contributed by atoms with Crippen LogP contribution in [0.5, 0.6) is 0 Å². The molecule has 1 fully saturated rings. The molecule has 1 aliphatic heterocycles. The maximum Gasteiger partial charge on any atom is 0.242 e. The average molecular weight is 291 g/mol. The third-order valence-corrected chi connectivity index (χ3v) is 3.72. The Morgan fingerprint density at radius 2 is 2.24 bits per heavy atom. The van der Waals surface area contributed by atoms with Crippen LogP contribution in [0.2, 0.25) is 0 Å². The molecule has 2 rings (SSSR count). The molecule has 1 saturated heterocycles. The van der Waals surface area contributed by atoms with E-state index in [1.165, 1.54) is 0 Å². The maximum atomic E-state index is 12.1. The predicted molar refractivity (Wildman–Crippen MR) is 84.6 cm³/mol. The van der Waals surface area contributed by atoms with Gasteiger partial charge in [-0.3, -0.25) is 4.79 Å². The van der Waals surface area contributed by atoms with Gasteiger partial charge in [0.1, 0.15) is 11.9 Å². The van der Waals surface area contributed by atoms with E-state index in [0.29, 0.717) is 5.95 Å². The van der Waals surface area contributed by atoms with Gasteiger partial charge in [-0.1, -0.05) is 6.92 Å². The van der Waals surface area contributed by atoms with Crippen LogP contribution < -0.4 is 15.5 Å². The maximum absolute atomic E-state index is 12.1. The van der Waals surface area contributed by atoms with Crippen LogP contribution in [0.25, 0.3) is 0 Å². The number of carbonyl (C=O) groups is 1. The molecule has 2 heterocycles. The van der Waals surface area contributed by atoms with E-state index in [1.807, 2.05) is 13.0 Å². The van der Waals surface area contributed by atoms with Crippen molar-refractivity contribution >= 4 is 17.7 Å². The lowest BCUT2D eigenvalue weighted by Gasteiger charge is -2.35. The fourth-order valence-electron chi connectivity index (χ4n) is 2.66. The normalized spacial score (nSPS) is 18.4. The highest BCUT2D eigenvalue weighted by Crippen LogP contribution is 2.24. The topological polar surface area (TPSA) is 70.2 Å².